The van der Waals surface area contributed by atoms with Crippen molar-refractivity contribution in [2.75, 3.05) is 13.2 Å². The Bertz CT molecular complexity index is 1150. The van der Waals surface area contributed by atoms with E-state index in [-0.39, 0.29) is 31.1 Å². The van der Waals surface area contributed by atoms with Crippen molar-refractivity contribution < 1.29 is 28.6 Å². The topological polar surface area (TPSA) is 78.9 Å². The predicted molar refractivity (Wildman–Crippen MR) is 321 cm³/mol. The van der Waals surface area contributed by atoms with Crippen LogP contribution in [0.1, 0.15) is 387 Å². The quantitative estimate of drug-likeness (QED) is 0.0261. The van der Waals surface area contributed by atoms with Crippen LogP contribution >= 0.6 is 0 Å². The first-order chi connectivity index (χ1) is 36.5. The number of allylic oxidation sites excluding steroid dienone is 2. The number of rotatable bonds is 63. The van der Waals surface area contributed by atoms with Crippen molar-refractivity contribution in [1.82, 2.24) is 0 Å². The van der Waals surface area contributed by atoms with Crippen LogP contribution in [0.5, 0.6) is 0 Å². The normalized spacial score (nSPS) is 12.0. The molecule has 0 heterocycles. The van der Waals surface area contributed by atoms with E-state index in [1.54, 1.807) is 0 Å². The Balaban J connectivity index is 4.14. The van der Waals surface area contributed by atoms with Crippen LogP contribution in [-0.2, 0) is 28.6 Å². The molecule has 0 amide bonds. The van der Waals surface area contributed by atoms with Crippen LogP contribution in [0.15, 0.2) is 12.2 Å². The maximum absolute atomic E-state index is 12.9. The van der Waals surface area contributed by atoms with E-state index in [2.05, 4.69) is 32.9 Å². The summed E-state index contributed by atoms with van der Waals surface area (Å²) in [4.78, 5) is 38.3. The highest BCUT2D eigenvalue weighted by atomic mass is 16.6. The molecule has 0 aromatic carbocycles. The van der Waals surface area contributed by atoms with Crippen molar-refractivity contribution in [3.05, 3.63) is 12.2 Å². The Morgan fingerprint density at radius 1 is 0.257 bits per heavy atom. The fourth-order valence-corrected chi connectivity index (χ4v) is 10.4. The molecule has 0 saturated carbocycles. The number of ether oxygens (including phenoxy) is 3. The number of carbonyl (C=O) groups excluding carboxylic acids is 3. The zero-order chi connectivity index (χ0) is 53.6. The summed E-state index contributed by atoms with van der Waals surface area (Å²) >= 11 is 0. The van der Waals surface area contributed by atoms with Crippen molar-refractivity contribution in [3.8, 4) is 0 Å². The van der Waals surface area contributed by atoms with Crippen molar-refractivity contribution in [2.24, 2.45) is 0 Å². The van der Waals surface area contributed by atoms with Gasteiger partial charge < -0.3 is 14.2 Å². The van der Waals surface area contributed by atoms with Gasteiger partial charge in [0.1, 0.15) is 13.2 Å². The lowest BCUT2D eigenvalue weighted by Gasteiger charge is -2.18. The van der Waals surface area contributed by atoms with Gasteiger partial charge in [0, 0.05) is 19.3 Å². The minimum Gasteiger partial charge on any atom is -0.462 e. The van der Waals surface area contributed by atoms with E-state index in [0.717, 1.165) is 64.2 Å². The highest BCUT2D eigenvalue weighted by Gasteiger charge is 2.19. The van der Waals surface area contributed by atoms with Crippen molar-refractivity contribution >= 4 is 17.9 Å². The first-order valence-corrected chi connectivity index (χ1v) is 33.7. The Morgan fingerprint density at radius 2 is 0.446 bits per heavy atom. The van der Waals surface area contributed by atoms with Gasteiger partial charge in [0.05, 0.1) is 0 Å². The molecule has 0 bridgehead atoms. The monoisotopic (exact) mass is 1040 g/mol. The third-order valence-corrected chi connectivity index (χ3v) is 15.5. The average molecular weight is 1040 g/mol. The van der Waals surface area contributed by atoms with Gasteiger partial charge in [-0.15, -0.1) is 0 Å². The Kier molecular flexibility index (Phi) is 62.1. The van der Waals surface area contributed by atoms with Crippen molar-refractivity contribution in [1.29, 1.82) is 0 Å². The minimum absolute atomic E-state index is 0.0670. The summed E-state index contributed by atoms with van der Waals surface area (Å²) in [6, 6.07) is 0. The number of hydrogen-bond donors (Lipinski definition) is 0. The second-order valence-corrected chi connectivity index (χ2v) is 23.1. The van der Waals surface area contributed by atoms with Gasteiger partial charge in [-0.05, 0) is 44.9 Å². The molecule has 0 aromatic heterocycles. The molecule has 0 fully saturated rings. The summed E-state index contributed by atoms with van der Waals surface area (Å²) in [5.41, 5.74) is 0. The molecule has 0 spiro atoms. The molecule has 0 aliphatic carbocycles. The molecule has 0 aliphatic heterocycles. The van der Waals surface area contributed by atoms with Crippen LogP contribution in [0.3, 0.4) is 0 Å². The summed E-state index contributed by atoms with van der Waals surface area (Å²) in [6.07, 6.45) is 75.3. The zero-order valence-electron chi connectivity index (χ0n) is 50.4. The second kappa shape index (κ2) is 63.7. The number of esters is 3. The van der Waals surface area contributed by atoms with Crippen LogP contribution in [0.25, 0.3) is 0 Å². The van der Waals surface area contributed by atoms with E-state index in [0.29, 0.717) is 19.3 Å². The summed E-state index contributed by atoms with van der Waals surface area (Å²) in [7, 11) is 0. The summed E-state index contributed by atoms with van der Waals surface area (Å²) < 4.78 is 16.9. The van der Waals surface area contributed by atoms with Gasteiger partial charge in [0.15, 0.2) is 6.10 Å². The van der Waals surface area contributed by atoms with Crippen LogP contribution in [0, 0.1) is 0 Å². The zero-order valence-corrected chi connectivity index (χ0v) is 50.4. The maximum atomic E-state index is 12.9. The Labute approximate surface area is 462 Å². The molecule has 438 valence electrons. The molecule has 1 atom stereocenters. The summed E-state index contributed by atoms with van der Waals surface area (Å²) in [5, 5.41) is 0. The molecular weight excluding hydrogens is 913 g/mol. The van der Waals surface area contributed by atoms with Gasteiger partial charge in [-0.3, -0.25) is 14.4 Å². The molecular formula is C68H130O6. The minimum atomic E-state index is -0.770. The average Bonchev–Trinajstić information content (AvgIpc) is 3.40. The fraction of sp³-hybridized carbons (Fsp3) is 0.926. The largest absolute Gasteiger partial charge is 0.462 e. The molecule has 0 aromatic rings. The lowest BCUT2D eigenvalue weighted by atomic mass is 10.0. The highest BCUT2D eigenvalue weighted by Crippen LogP contribution is 2.19. The molecule has 0 rings (SSSR count). The van der Waals surface area contributed by atoms with E-state index in [1.165, 1.54) is 283 Å². The molecule has 74 heavy (non-hydrogen) atoms. The van der Waals surface area contributed by atoms with Gasteiger partial charge in [-0.2, -0.15) is 0 Å². The first kappa shape index (κ1) is 72.2. The van der Waals surface area contributed by atoms with E-state index < -0.39 is 6.10 Å². The second-order valence-electron chi connectivity index (χ2n) is 23.1. The van der Waals surface area contributed by atoms with Gasteiger partial charge in [-0.25, -0.2) is 0 Å². The molecule has 0 saturated heterocycles. The number of carbonyl (C=O) groups is 3. The molecule has 0 N–H and O–H groups in total. The predicted octanol–water partition coefficient (Wildman–Crippen LogP) is 22.8. The van der Waals surface area contributed by atoms with E-state index >= 15 is 0 Å². The standard InChI is InChI=1S/C68H130O6/c1-4-7-10-13-16-19-22-25-28-29-30-31-32-33-34-35-36-37-38-39-40-41-44-46-49-52-55-58-61-67(70)73-64-65(74-68(71)62-59-56-53-50-47-43-27-24-21-18-15-12-9-6-3)63-72-66(69)60-57-54-51-48-45-42-26-23-20-17-14-11-8-5-2/h24,27,65H,4-23,25-26,28-64H2,1-3H3/b27-24-. The van der Waals surface area contributed by atoms with E-state index in [4.69, 9.17) is 14.2 Å². The molecule has 0 aliphatic rings. The maximum Gasteiger partial charge on any atom is 0.306 e. The third kappa shape index (κ3) is 61.0. The number of hydrogen-bond acceptors (Lipinski definition) is 6. The molecule has 6 heteroatoms. The van der Waals surface area contributed by atoms with Crippen molar-refractivity contribution in [2.45, 2.75) is 393 Å². The summed E-state index contributed by atoms with van der Waals surface area (Å²) in [5.74, 6) is -0.845. The Hall–Kier alpha value is -1.85. The number of unbranched alkanes of at least 4 members (excludes halogenated alkanes) is 50. The summed E-state index contributed by atoms with van der Waals surface area (Å²) in [6.45, 7) is 6.70. The van der Waals surface area contributed by atoms with Gasteiger partial charge in [0.25, 0.3) is 0 Å². The molecule has 0 radical (unpaired) electrons. The van der Waals surface area contributed by atoms with Gasteiger partial charge in [0.2, 0.25) is 0 Å². The van der Waals surface area contributed by atoms with Crippen LogP contribution in [0.2, 0.25) is 0 Å². The molecule has 6 nitrogen and oxygen atoms in total. The molecule has 1 unspecified atom stereocenters. The van der Waals surface area contributed by atoms with Crippen molar-refractivity contribution in [3.63, 3.8) is 0 Å². The first-order valence-electron chi connectivity index (χ1n) is 33.7. The van der Waals surface area contributed by atoms with E-state index in [1.807, 2.05) is 0 Å². The third-order valence-electron chi connectivity index (χ3n) is 15.5. The highest BCUT2D eigenvalue weighted by molar-refractivity contribution is 5.71. The van der Waals surface area contributed by atoms with Crippen LogP contribution in [-0.4, -0.2) is 37.2 Å². The van der Waals surface area contributed by atoms with Gasteiger partial charge >= 0.3 is 17.9 Å². The van der Waals surface area contributed by atoms with Crippen LogP contribution in [0.4, 0.5) is 0 Å². The lowest BCUT2D eigenvalue weighted by Crippen LogP contribution is -2.30. The van der Waals surface area contributed by atoms with E-state index in [9.17, 15) is 14.4 Å². The Morgan fingerprint density at radius 3 is 0.676 bits per heavy atom. The fourth-order valence-electron chi connectivity index (χ4n) is 10.4. The van der Waals surface area contributed by atoms with Crippen LogP contribution < -0.4 is 0 Å². The lowest BCUT2D eigenvalue weighted by molar-refractivity contribution is -0.167. The smallest absolute Gasteiger partial charge is 0.306 e. The van der Waals surface area contributed by atoms with Gasteiger partial charge in [-0.1, -0.05) is 335 Å². The SMILES string of the molecule is CCCCCCC/C=C\CCCCCCCC(=O)OC(COC(=O)CCCCCCCCCCCCCCCC)COC(=O)CCCCCCCCCCCCCCCCCCCCCCCCCCCCCC.